The monoisotopic (exact) mass is 372 g/mol. The van der Waals surface area contributed by atoms with Crippen LogP contribution in [0.15, 0.2) is 83.3 Å². The third-order valence-electron chi connectivity index (χ3n) is 4.07. The molecule has 27 heavy (non-hydrogen) atoms. The van der Waals surface area contributed by atoms with Gasteiger partial charge in [0.25, 0.3) is 5.91 Å². The summed E-state index contributed by atoms with van der Waals surface area (Å²) < 4.78 is 0. The summed E-state index contributed by atoms with van der Waals surface area (Å²) in [5.74, 6) is 0.00529. The summed E-state index contributed by atoms with van der Waals surface area (Å²) in [7, 11) is 0. The van der Waals surface area contributed by atoms with Gasteiger partial charge < -0.3 is 0 Å². The van der Waals surface area contributed by atoms with Gasteiger partial charge in [-0.15, -0.1) is 0 Å². The number of fused-ring (bicyclic) bond motifs is 2. The van der Waals surface area contributed by atoms with Crippen LogP contribution >= 0.6 is 11.8 Å². The number of benzene rings is 3. The molecular weight excluding hydrogens is 356 g/mol. The van der Waals surface area contributed by atoms with Gasteiger partial charge in [-0.25, -0.2) is 15.4 Å². The Morgan fingerprint density at radius 2 is 1.59 bits per heavy atom. The minimum atomic E-state index is -0.201. The van der Waals surface area contributed by atoms with Crippen LogP contribution in [0.25, 0.3) is 21.5 Å². The molecule has 1 N–H and O–H groups in total. The number of hydrazone groups is 1. The Bertz CT molecular complexity index is 1070. The molecule has 5 nitrogen and oxygen atoms in total. The number of nitrogens with one attached hydrogen (secondary N) is 1. The maximum atomic E-state index is 12.0. The number of amides is 1. The van der Waals surface area contributed by atoms with E-state index >= 15 is 0 Å². The van der Waals surface area contributed by atoms with Gasteiger partial charge in [-0.3, -0.25) is 4.79 Å². The zero-order valence-electron chi connectivity index (χ0n) is 14.4. The third-order valence-corrected chi connectivity index (χ3v) is 4.95. The van der Waals surface area contributed by atoms with E-state index in [-0.39, 0.29) is 11.7 Å². The van der Waals surface area contributed by atoms with E-state index in [2.05, 4.69) is 50.8 Å². The molecule has 0 radical (unpaired) electrons. The third kappa shape index (κ3) is 3.96. The lowest BCUT2D eigenvalue weighted by atomic mass is 9.97. The Balaban J connectivity index is 1.54. The van der Waals surface area contributed by atoms with Crippen LogP contribution in [0.2, 0.25) is 0 Å². The average molecular weight is 372 g/mol. The lowest BCUT2D eigenvalue weighted by Crippen LogP contribution is -2.19. The Morgan fingerprint density at radius 3 is 2.26 bits per heavy atom. The molecule has 1 aromatic heterocycles. The van der Waals surface area contributed by atoms with Gasteiger partial charge in [0.1, 0.15) is 0 Å². The van der Waals surface area contributed by atoms with Crippen LogP contribution in [0.1, 0.15) is 5.56 Å². The number of nitrogens with zero attached hydrogens (tertiary/aromatic N) is 3. The van der Waals surface area contributed by atoms with Crippen molar-refractivity contribution in [3.05, 3.63) is 78.6 Å². The van der Waals surface area contributed by atoms with E-state index < -0.39 is 0 Å². The fraction of sp³-hybridized carbons (Fsp3) is 0.0476. The second-order valence-corrected chi connectivity index (χ2v) is 6.79. The zero-order chi connectivity index (χ0) is 18.5. The lowest BCUT2D eigenvalue weighted by molar-refractivity contribution is -0.118. The SMILES string of the molecule is O=C(CSc1ncccn1)NN=Cc1c2ccccc2cc2ccccc12. The summed E-state index contributed by atoms with van der Waals surface area (Å²) in [4.78, 5) is 20.2. The van der Waals surface area contributed by atoms with Crippen molar-refractivity contribution in [1.29, 1.82) is 0 Å². The fourth-order valence-electron chi connectivity index (χ4n) is 2.88. The maximum absolute atomic E-state index is 12.0. The lowest BCUT2D eigenvalue weighted by Gasteiger charge is -2.07. The average Bonchev–Trinajstić information content (AvgIpc) is 2.72. The van der Waals surface area contributed by atoms with Crippen LogP contribution in [0.4, 0.5) is 0 Å². The summed E-state index contributed by atoms with van der Waals surface area (Å²) in [5.41, 5.74) is 3.57. The highest BCUT2D eigenvalue weighted by molar-refractivity contribution is 7.99. The number of carbonyl (C=O) groups is 1. The second kappa shape index (κ2) is 7.97. The van der Waals surface area contributed by atoms with Crippen molar-refractivity contribution >= 4 is 45.4 Å². The number of hydrogen-bond donors (Lipinski definition) is 1. The van der Waals surface area contributed by atoms with Gasteiger partial charge >= 0.3 is 0 Å². The van der Waals surface area contributed by atoms with Crippen LogP contribution in [-0.2, 0) is 4.79 Å². The normalized spacial score (nSPS) is 11.3. The van der Waals surface area contributed by atoms with Gasteiger partial charge in [-0.1, -0.05) is 60.3 Å². The first-order valence-electron chi connectivity index (χ1n) is 8.43. The summed E-state index contributed by atoms with van der Waals surface area (Å²) in [6.07, 6.45) is 5.01. The highest BCUT2D eigenvalue weighted by Crippen LogP contribution is 2.27. The first-order valence-corrected chi connectivity index (χ1v) is 9.42. The summed E-state index contributed by atoms with van der Waals surface area (Å²) in [6, 6.07) is 20.2. The topological polar surface area (TPSA) is 67.2 Å². The van der Waals surface area contributed by atoms with E-state index in [9.17, 15) is 4.79 Å². The Labute approximate surface area is 160 Å². The molecule has 0 fully saturated rings. The first kappa shape index (κ1) is 17.2. The first-order chi connectivity index (χ1) is 13.3. The van der Waals surface area contributed by atoms with Crippen molar-refractivity contribution in [2.24, 2.45) is 5.10 Å². The second-order valence-electron chi connectivity index (χ2n) is 5.85. The fourth-order valence-corrected chi connectivity index (χ4v) is 3.47. The molecule has 0 saturated heterocycles. The van der Waals surface area contributed by atoms with Gasteiger partial charge in [0.05, 0.1) is 12.0 Å². The molecule has 0 aliphatic heterocycles. The van der Waals surface area contributed by atoms with Gasteiger partial charge in [0, 0.05) is 18.0 Å². The van der Waals surface area contributed by atoms with Crippen LogP contribution in [0.3, 0.4) is 0 Å². The molecule has 0 unspecified atom stereocenters. The molecule has 132 valence electrons. The minimum absolute atomic E-state index is 0.201. The van der Waals surface area contributed by atoms with E-state index in [1.165, 1.54) is 11.8 Å². The molecule has 0 aliphatic carbocycles. The number of hydrogen-bond acceptors (Lipinski definition) is 5. The molecule has 4 rings (SSSR count). The van der Waals surface area contributed by atoms with E-state index in [0.29, 0.717) is 5.16 Å². The smallest absolute Gasteiger partial charge is 0.250 e. The molecule has 3 aromatic carbocycles. The molecule has 1 heterocycles. The van der Waals surface area contributed by atoms with Crippen molar-refractivity contribution in [2.75, 3.05) is 5.75 Å². The molecular formula is C21H16N4OS. The highest BCUT2D eigenvalue weighted by Gasteiger charge is 2.06. The molecule has 0 spiro atoms. The van der Waals surface area contributed by atoms with Crippen LogP contribution < -0.4 is 5.43 Å². The molecule has 6 heteroatoms. The van der Waals surface area contributed by atoms with E-state index in [1.807, 2.05) is 24.3 Å². The van der Waals surface area contributed by atoms with Gasteiger partial charge in [0.15, 0.2) is 5.16 Å². The number of rotatable bonds is 5. The largest absolute Gasteiger partial charge is 0.272 e. The Hall–Kier alpha value is -3.25. The zero-order valence-corrected chi connectivity index (χ0v) is 15.2. The van der Waals surface area contributed by atoms with Gasteiger partial charge in [0.2, 0.25) is 0 Å². The summed E-state index contributed by atoms with van der Waals surface area (Å²) >= 11 is 1.27. The molecule has 1 amide bonds. The maximum Gasteiger partial charge on any atom is 0.250 e. The summed E-state index contributed by atoms with van der Waals surface area (Å²) in [5, 5.41) is 9.22. The quantitative estimate of drug-likeness (QED) is 0.189. The van der Waals surface area contributed by atoms with Crippen LogP contribution in [0, 0.1) is 0 Å². The molecule has 4 aromatic rings. The van der Waals surface area contributed by atoms with E-state index in [0.717, 1.165) is 27.1 Å². The van der Waals surface area contributed by atoms with Crippen molar-refractivity contribution in [3.63, 3.8) is 0 Å². The van der Waals surface area contributed by atoms with Gasteiger partial charge in [-0.2, -0.15) is 5.10 Å². The standard InChI is InChI=1S/C21H16N4OS/c26-20(14-27-21-22-10-5-11-23-21)25-24-13-19-17-8-3-1-6-15(17)12-16-7-2-4-9-18(16)19/h1-13H,14H2,(H,25,26). The molecule has 0 bridgehead atoms. The van der Waals surface area contributed by atoms with Crippen molar-refractivity contribution in [2.45, 2.75) is 5.16 Å². The number of carbonyl (C=O) groups excluding carboxylic acids is 1. The Morgan fingerprint density at radius 1 is 0.963 bits per heavy atom. The molecule has 0 aliphatic rings. The predicted molar refractivity (Wildman–Crippen MR) is 110 cm³/mol. The van der Waals surface area contributed by atoms with Crippen LogP contribution in [-0.4, -0.2) is 27.8 Å². The Kier molecular flexibility index (Phi) is 5.07. The summed E-state index contributed by atoms with van der Waals surface area (Å²) in [6.45, 7) is 0. The van der Waals surface area contributed by atoms with Crippen LogP contribution in [0.5, 0.6) is 0 Å². The van der Waals surface area contributed by atoms with E-state index in [1.54, 1.807) is 24.7 Å². The minimum Gasteiger partial charge on any atom is -0.272 e. The van der Waals surface area contributed by atoms with Gasteiger partial charge in [-0.05, 0) is 33.7 Å². The number of aromatic nitrogens is 2. The van der Waals surface area contributed by atoms with Crippen molar-refractivity contribution < 1.29 is 4.79 Å². The van der Waals surface area contributed by atoms with Crippen molar-refractivity contribution in [1.82, 2.24) is 15.4 Å². The molecule has 0 saturated carbocycles. The number of thioether (sulfide) groups is 1. The van der Waals surface area contributed by atoms with E-state index in [4.69, 9.17) is 0 Å². The van der Waals surface area contributed by atoms with Crippen molar-refractivity contribution in [3.8, 4) is 0 Å². The highest BCUT2D eigenvalue weighted by atomic mass is 32.2. The molecule has 0 atom stereocenters. The predicted octanol–water partition coefficient (Wildman–Crippen LogP) is 4.03.